The van der Waals surface area contributed by atoms with Gasteiger partial charge in [0.2, 0.25) is 11.0 Å². The predicted molar refractivity (Wildman–Crippen MR) is 154 cm³/mol. The summed E-state index contributed by atoms with van der Waals surface area (Å²) < 4.78 is 0.515. The van der Waals surface area contributed by atoms with Gasteiger partial charge in [-0.25, -0.2) is 4.79 Å². The number of Topliss-reactive ketones (excluding diaryl/α,β-unsaturated/α-hetero) is 1. The van der Waals surface area contributed by atoms with E-state index in [4.69, 9.17) is 10.8 Å². The lowest BCUT2D eigenvalue weighted by Crippen LogP contribution is -2.42. The molecule has 0 saturated heterocycles. The van der Waals surface area contributed by atoms with Crippen molar-refractivity contribution in [2.24, 2.45) is 11.1 Å². The number of rotatable bonds is 7. The number of ketones is 1. The second-order valence-corrected chi connectivity index (χ2v) is 13.2. The van der Waals surface area contributed by atoms with Crippen molar-refractivity contribution in [1.29, 1.82) is 5.26 Å². The van der Waals surface area contributed by atoms with Crippen LogP contribution in [0.1, 0.15) is 47.8 Å². The summed E-state index contributed by atoms with van der Waals surface area (Å²) in [7, 11) is 0. The topological polar surface area (TPSA) is 162 Å². The van der Waals surface area contributed by atoms with Gasteiger partial charge < -0.3 is 16.2 Å². The molecular weight excluding hydrogens is 569 g/mol. The molecule has 0 bridgehead atoms. The van der Waals surface area contributed by atoms with Crippen LogP contribution >= 0.6 is 34.4 Å². The van der Waals surface area contributed by atoms with Gasteiger partial charge in [0.25, 0.3) is 0 Å². The van der Waals surface area contributed by atoms with Crippen molar-refractivity contribution in [3.05, 3.63) is 74.9 Å². The Morgan fingerprint density at radius 2 is 2.00 bits per heavy atom. The van der Waals surface area contributed by atoms with E-state index in [0.29, 0.717) is 39.1 Å². The van der Waals surface area contributed by atoms with Gasteiger partial charge in [0.05, 0.1) is 28.9 Å². The van der Waals surface area contributed by atoms with Gasteiger partial charge in [-0.1, -0.05) is 43.0 Å². The fourth-order valence-electron chi connectivity index (χ4n) is 4.84. The second-order valence-electron chi connectivity index (χ2n) is 10.1. The molecule has 10 nitrogen and oxygen atoms in total. The van der Waals surface area contributed by atoms with Crippen LogP contribution in [0.2, 0.25) is 0 Å². The number of nitrogens with two attached hydrogens (primary N) is 1. The highest BCUT2D eigenvalue weighted by molar-refractivity contribution is 8.01. The molecule has 0 radical (unpaired) electrons. The SMILES string of the molecule is CC1(C)CC(=O)C2=C(C1)N(c1nnc(SCC(=O)Nc3ccc(C(=O)O)cc3)s1)C(N)=C(C#N)C2c1cccs1. The van der Waals surface area contributed by atoms with E-state index in [-0.39, 0.29) is 34.2 Å². The number of amides is 1. The van der Waals surface area contributed by atoms with Crippen LogP contribution in [-0.4, -0.2) is 38.7 Å². The van der Waals surface area contributed by atoms with Gasteiger partial charge in [-0.05, 0) is 47.5 Å². The van der Waals surface area contributed by atoms with Crippen molar-refractivity contribution in [3.63, 3.8) is 0 Å². The van der Waals surface area contributed by atoms with Crippen molar-refractivity contribution in [2.45, 2.75) is 36.9 Å². The predicted octanol–water partition coefficient (Wildman–Crippen LogP) is 4.97. The maximum absolute atomic E-state index is 13.5. The number of thiophene rings is 1. The van der Waals surface area contributed by atoms with Crippen LogP contribution in [0.3, 0.4) is 0 Å². The average Bonchev–Trinajstić information content (AvgIpc) is 3.59. The first kappa shape index (κ1) is 27.6. The van der Waals surface area contributed by atoms with E-state index in [1.807, 2.05) is 31.4 Å². The molecular formula is C27H24N6O4S3. The lowest BCUT2D eigenvalue weighted by Gasteiger charge is -2.42. The molecule has 0 fully saturated rings. The zero-order valence-corrected chi connectivity index (χ0v) is 24.0. The van der Waals surface area contributed by atoms with Gasteiger partial charge in [0.1, 0.15) is 5.82 Å². The Morgan fingerprint density at radius 1 is 1.25 bits per heavy atom. The maximum Gasteiger partial charge on any atom is 0.335 e. The summed E-state index contributed by atoms with van der Waals surface area (Å²) >= 11 is 3.89. The number of carboxylic acid groups (broad SMARTS) is 1. The number of benzene rings is 1. The van der Waals surface area contributed by atoms with Crippen LogP contribution in [0.5, 0.6) is 0 Å². The molecule has 13 heteroatoms. The molecule has 1 atom stereocenters. The summed E-state index contributed by atoms with van der Waals surface area (Å²) in [5, 5.41) is 32.8. The second kappa shape index (κ2) is 10.9. The van der Waals surface area contributed by atoms with E-state index in [1.165, 1.54) is 58.7 Å². The number of nitrogens with one attached hydrogen (secondary N) is 1. The van der Waals surface area contributed by atoms with Gasteiger partial charge in [-0.3, -0.25) is 14.5 Å². The number of nitrogens with zero attached hydrogens (tertiary/aromatic N) is 4. The molecule has 204 valence electrons. The number of aromatic nitrogens is 2. The number of thioether (sulfide) groups is 1. The molecule has 4 N–H and O–H groups in total. The Bertz CT molecular complexity index is 1600. The molecule has 1 aromatic carbocycles. The minimum absolute atomic E-state index is 0.0120. The number of aromatic carboxylic acids is 1. The number of carbonyl (C=O) groups is 3. The first-order valence-corrected chi connectivity index (χ1v) is 14.8. The van der Waals surface area contributed by atoms with Gasteiger partial charge in [0, 0.05) is 28.3 Å². The van der Waals surface area contributed by atoms with E-state index < -0.39 is 11.9 Å². The standard InChI is InChI=1S/C27H24N6O4S3/c1-27(2)10-17-22(18(34)11-27)21(19-4-3-9-38-19)16(12-28)23(29)33(17)25-31-32-26(40-25)39-13-20(35)30-15-7-5-14(6-8-15)24(36)37/h3-9,21H,10-11,13,29H2,1-2H3,(H,30,35)(H,36,37). The fourth-order valence-corrected chi connectivity index (χ4v) is 7.36. The van der Waals surface area contributed by atoms with Crippen LogP contribution in [0.15, 0.2) is 68.8 Å². The Kier molecular flexibility index (Phi) is 7.50. The number of carbonyl (C=O) groups excluding carboxylic acids is 2. The Hall–Kier alpha value is -3.99. The normalized spacial score (nSPS) is 18.4. The van der Waals surface area contributed by atoms with Gasteiger partial charge >= 0.3 is 5.97 Å². The molecule has 40 heavy (non-hydrogen) atoms. The third-order valence-electron chi connectivity index (χ3n) is 6.54. The summed E-state index contributed by atoms with van der Waals surface area (Å²) in [5.41, 5.74) is 8.53. The lowest BCUT2D eigenvalue weighted by molar-refractivity contribution is -0.118. The molecule has 2 aliphatic rings. The third kappa shape index (κ3) is 5.38. The first-order chi connectivity index (χ1) is 19.1. The molecule has 3 aromatic rings. The van der Waals surface area contributed by atoms with Crippen LogP contribution in [-0.2, 0) is 9.59 Å². The molecule has 1 aliphatic heterocycles. The number of carboxylic acids is 1. The summed E-state index contributed by atoms with van der Waals surface area (Å²) in [5.74, 6) is -1.60. The molecule has 3 heterocycles. The molecule has 0 spiro atoms. The van der Waals surface area contributed by atoms with E-state index in [2.05, 4.69) is 21.6 Å². The molecule has 2 aromatic heterocycles. The van der Waals surface area contributed by atoms with E-state index in [1.54, 1.807) is 4.90 Å². The first-order valence-electron chi connectivity index (χ1n) is 12.2. The lowest BCUT2D eigenvalue weighted by atomic mass is 9.70. The van der Waals surface area contributed by atoms with Crippen molar-refractivity contribution < 1.29 is 19.5 Å². The summed E-state index contributed by atoms with van der Waals surface area (Å²) in [6.07, 6.45) is 0.937. The Morgan fingerprint density at radius 3 is 2.65 bits per heavy atom. The van der Waals surface area contributed by atoms with Gasteiger partial charge in [-0.15, -0.1) is 21.5 Å². The summed E-state index contributed by atoms with van der Waals surface area (Å²) in [4.78, 5) is 39.6. The Labute approximate surface area is 242 Å². The smallest absolute Gasteiger partial charge is 0.335 e. The minimum Gasteiger partial charge on any atom is -0.478 e. The summed E-state index contributed by atoms with van der Waals surface area (Å²) in [6, 6.07) is 11.9. The number of hydrogen-bond acceptors (Lipinski definition) is 11. The fraction of sp³-hybridized carbons (Fsp3) is 0.259. The number of hydrogen-bond donors (Lipinski definition) is 3. The van der Waals surface area contributed by atoms with Gasteiger partial charge in [0.15, 0.2) is 10.1 Å². The van der Waals surface area contributed by atoms with Crippen LogP contribution in [0.25, 0.3) is 0 Å². The minimum atomic E-state index is -1.04. The molecule has 0 saturated carbocycles. The van der Waals surface area contributed by atoms with Crippen molar-refractivity contribution in [3.8, 4) is 6.07 Å². The largest absolute Gasteiger partial charge is 0.478 e. The zero-order chi connectivity index (χ0) is 28.6. The number of allylic oxidation sites excluding steroid dienone is 3. The van der Waals surface area contributed by atoms with E-state index in [9.17, 15) is 19.6 Å². The average molecular weight is 593 g/mol. The number of nitriles is 1. The molecule has 1 amide bonds. The molecule has 1 aliphatic carbocycles. The highest BCUT2D eigenvalue weighted by atomic mass is 32.2. The zero-order valence-electron chi connectivity index (χ0n) is 21.5. The van der Waals surface area contributed by atoms with Gasteiger partial charge in [-0.2, -0.15) is 5.26 Å². The van der Waals surface area contributed by atoms with Crippen molar-refractivity contribution >= 4 is 62.9 Å². The summed E-state index contributed by atoms with van der Waals surface area (Å²) in [6.45, 7) is 4.06. The van der Waals surface area contributed by atoms with Crippen LogP contribution in [0, 0.1) is 16.7 Å². The van der Waals surface area contributed by atoms with Crippen molar-refractivity contribution in [1.82, 2.24) is 10.2 Å². The third-order valence-corrected chi connectivity index (χ3v) is 9.52. The number of anilines is 2. The quantitative estimate of drug-likeness (QED) is 0.319. The maximum atomic E-state index is 13.5. The Balaban J connectivity index is 1.39. The van der Waals surface area contributed by atoms with Crippen LogP contribution < -0.4 is 16.0 Å². The molecule has 5 rings (SSSR count). The van der Waals surface area contributed by atoms with Crippen LogP contribution in [0.4, 0.5) is 10.8 Å². The van der Waals surface area contributed by atoms with E-state index >= 15 is 0 Å². The highest BCUT2D eigenvalue weighted by Crippen LogP contribution is 2.51. The monoisotopic (exact) mass is 592 g/mol. The van der Waals surface area contributed by atoms with E-state index in [0.717, 1.165) is 10.6 Å². The van der Waals surface area contributed by atoms with Crippen molar-refractivity contribution in [2.75, 3.05) is 16.0 Å². The molecule has 1 unspecified atom stereocenters. The highest BCUT2D eigenvalue weighted by Gasteiger charge is 2.45.